The fourth-order valence-corrected chi connectivity index (χ4v) is 3.01. The molecule has 1 saturated heterocycles. The van der Waals surface area contributed by atoms with Crippen molar-refractivity contribution >= 4 is 11.6 Å². The Labute approximate surface area is 132 Å². The van der Waals surface area contributed by atoms with E-state index in [2.05, 4.69) is 16.3 Å². The number of piperazine rings is 1. The van der Waals surface area contributed by atoms with Gasteiger partial charge in [0.1, 0.15) is 0 Å². The zero-order chi connectivity index (χ0) is 15.1. The summed E-state index contributed by atoms with van der Waals surface area (Å²) in [6, 6.07) is 8.35. The molecule has 0 radical (unpaired) electrons. The number of aliphatic hydroxyl groups excluding tert-OH is 1. The van der Waals surface area contributed by atoms with Gasteiger partial charge in [-0.05, 0) is 31.0 Å². The predicted molar refractivity (Wildman–Crippen MR) is 85.9 cm³/mol. The van der Waals surface area contributed by atoms with E-state index >= 15 is 0 Å². The third-order valence-corrected chi connectivity index (χ3v) is 4.13. The van der Waals surface area contributed by atoms with Crippen molar-refractivity contribution in [1.82, 2.24) is 10.2 Å². The second-order valence-electron chi connectivity index (χ2n) is 5.48. The minimum Gasteiger partial charge on any atom is -0.395 e. The number of halogens is 1. The predicted octanol–water partition coefficient (Wildman–Crippen LogP) is 1.55. The molecule has 1 aliphatic heterocycles. The van der Waals surface area contributed by atoms with E-state index in [1.807, 2.05) is 25.1 Å². The van der Waals surface area contributed by atoms with Crippen LogP contribution in [0.1, 0.15) is 12.5 Å². The largest absolute Gasteiger partial charge is 0.395 e. The molecule has 0 spiro atoms. The molecular formula is C16H25ClN2O2. The van der Waals surface area contributed by atoms with Gasteiger partial charge in [0.15, 0.2) is 0 Å². The zero-order valence-electron chi connectivity index (χ0n) is 12.6. The van der Waals surface area contributed by atoms with Gasteiger partial charge in [0.2, 0.25) is 0 Å². The van der Waals surface area contributed by atoms with Gasteiger partial charge >= 0.3 is 0 Å². The monoisotopic (exact) mass is 312 g/mol. The Balaban J connectivity index is 1.93. The van der Waals surface area contributed by atoms with Crippen molar-refractivity contribution in [2.24, 2.45) is 0 Å². The lowest BCUT2D eigenvalue weighted by molar-refractivity contribution is 0.0554. The van der Waals surface area contributed by atoms with Crippen molar-refractivity contribution in [2.45, 2.75) is 25.4 Å². The molecular weight excluding hydrogens is 288 g/mol. The third-order valence-electron chi connectivity index (χ3n) is 3.90. The first-order valence-corrected chi connectivity index (χ1v) is 8.01. The fourth-order valence-electron chi connectivity index (χ4n) is 2.80. The van der Waals surface area contributed by atoms with E-state index in [1.54, 1.807) is 0 Å². The van der Waals surface area contributed by atoms with Crippen LogP contribution in [0.15, 0.2) is 24.3 Å². The normalized spacial score (nSPS) is 21.4. The Kier molecular flexibility index (Phi) is 6.93. The van der Waals surface area contributed by atoms with Crippen LogP contribution < -0.4 is 5.32 Å². The fraction of sp³-hybridized carbons (Fsp3) is 0.625. The van der Waals surface area contributed by atoms with Crippen LogP contribution >= 0.6 is 11.6 Å². The highest BCUT2D eigenvalue weighted by atomic mass is 35.5. The lowest BCUT2D eigenvalue weighted by atomic mass is 10.0. The van der Waals surface area contributed by atoms with E-state index in [0.29, 0.717) is 6.04 Å². The molecule has 0 amide bonds. The van der Waals surface area contributed by atoms with Crippen LogP contribution in [0.4, 0.5) is 0 Å². The number of nitrogens with zero attached hydrogens (tertiary/aromatic N) is 1. The Bertz CT molecular complexity index is 430. The van der Waals surface area contributed by atoms with Crippen molar-refractivity contribution in [2.75, 3.05) is 39.5 Å². The molecule has 2 unspecified atom stereocenters. The first kappa shape index (κ1) is 16.7. The molecule has 4 nitrogen and oxygen atoms in total. The molecule has 1 heterocycles. The minimum absolute atomic E-state index is 0.134. The van der Waals surface area contributed by atoms with Gasteiger partial charge in [0.25, 0.3) is 0 Å². The molecule has 1 aliphatic rings. The maximum Gasteiger partial charge on any atom is 0.0632 e. The quantitative estimate of drug-likeness (QED) is 0.802. The molecule has 0 aromatic heterocycles. The van der Waals surface area contributed by atoms with Gasteiger partial charge in [-0.25, -0.2) is 0 Å². The first-order valence-electron chi connectivity index (χ1n) is 7.63. The summed E-state index contributed by atoms with van der Waals surface area (Å²) >= 11 is 6.04. The molecule has 118 valence electrons. The van der Waals surface area contributed by atoms with Crippen LogP contribution in [-0.2, 0) is 11.2 Å². The molecule has 0 saturated carbocycles. The average Bonchev–Trinajstić information content (AvgIpc) is 2.51. The highest BCUT2D eigenvalue weighted by Gasteiger charge is 2.25. The number of hydrogen-bond donors (Lipinski definition) is 2. The van der Waals surface area contributed by atoms with Gasteiger partial charge < -0.3 is 15.2 Å². The smallest absolute Gasteiger partial charge is 0.0632 e. The number of nitrogens with one attached hydrogen (secondary N) is 1. The van der Waals surface area contributed by atoms with Crippen molar-refractivity contribution < 1.29 is 9.84 Å². The van der Waals surface area contributed by atoms with Crippen molar-refractivity contribution in [3.8, 4) is 0 Å². The van der Waals surface area contributed by atoms with Crippen LogP contribution in [0, 0.1) is 0 Å². The second kappa shape index (κ2) is 8.71. The molecule has 5 heteroatoms. The summed E-state index contributed by atoms with van der Waals surface area (Å²) in [6.07, 6.45) is 0.818. The lowest BCUT2D eigenvalue weighted by Gasteiger charge is -2.38. The molecule has 1 aromatic carbocycles. The average molecular weight is 313 g/mol. The Morgan fingerprint density at radius 3 is 3.10 bits per heavy atom. The maximum atomic E-state index is 9.74. The van der Waals surface area contributed by atoms with Gasteiger partial charge in [-0.15, -0.1) is 0 Å². The second-order valence-corrected chi connectivity index (χ2v) is 5.91. The lowest BCUT2D eigenvalue weighted by Crippen LogP contribution is -2.56. The van der Waals surface area contributed by atoms with Gasteiger partial charge in [0, 0.05) is 43.3 Å². The van der Waals surface area contributed by atoms with Gasteiger partial charge in [-0.2, -0.15) is 0 Å². The highest BCUT2D eigenvalue weighted by molar-refractivity contribution is 6.30. The SMILES string of the molecule is CCOCC1CN(C(CO)Cc2cccc(Cl)c2)CCN1. The van der Waals surface area contributed by atoms with E-state index in [9.17, 15) is 5.11 Å². The molecule has 2 atom stereocenters. The van der Waals surface area contributed by atoms with E-state index < -0.39 is 0 Å². The van der Waals surface area contributed by atoms with Crippen molar-refractivity contribution in [3.63, 3.8) is 0 Å². The van der Waals surface area contributed by atoms with E-state index in [1.165, 1.54) is 5.56 Å². The van der Waals surface area contributed by atoms with Gasteiger partial charge in [0.05, 0.1) is 13.2 Å². The Morgan fingerprint density at radius 1 is 1.52 bits per heavy atom. The van der Waals surface area contributed by atoms with E-state index in [-0.39, 0.29) is 12.6 Å². The summed E-state index contributed by atoms with van der Waals surface area (Å²) in [5.74, 6) is 0. The summed E-state index contributed by atoms with van der Waals surface area (Å²) in [4.78, 5) is 2.35. The summed E-state index contributed by atoms with van der Waals surface area (Å²) in [7, 11) is 0. The van der Waals surface area contributed by atoms with Gasteiger partial charge in [-0.3, -0.25) is 4.90 Å². The van der Waals surface area contributed by atoms with Crippen LogP contribution in [0.2, 0.25) is 5.02 Å². The van der Waals surface area contributed by atoms with Crippen molar-refractivity contribution in [3.05, 3.63) is 34.9 Å². The summed E-state index contributed by atoms with van der Waals surface area (Å²) in [5, 5.41) is 14.0. The topological polar surface area (TPSA) is 44.7 Å². The van der Waals surface area contributed by atoms with Crippen LogP contribution in [0.5, 0.6) is 0 Å². The number of rotatable bonds is 7. The van der Waals surface area contributed by atoms with Gasteiger partial charge in [-0.1, -0.05) is 23.7 Å². The Hall–Kier alpha value is -0.650. The maximum absolute atomic E-state index is 9.74. The minimum atomic E-state index is 0.134. The Morgan fingerprint density at radius 2 is 2.38 bits per heavy atom. The van der Waals surface area contributed by atoms with E-state index in [4.69, 9.17) is 16.3 Å². The zero-order valence-corrected chi connectivity index (χ0v) is 13.4. The number of benzene rings is 1. The number of hydrogen-bond acceptors (Lipinski definition) is 4. The summed E-state index contributed by atoms with van der Waals surface area (Å²) < 4.78 is 5.50. The van der Waals surface area contributed by atoms with Crippen molar-refractivity contribution in [1.29, 1.82) is 0 Å². The molecule has 0 bridgehead atoms. The molecule has 0 aliphatic carbocycles. The van der Waals surface area contributed by atoms with Crippen LogP contribution in [0.3, 0.4) is 0 Å². The summed E-state index contributed by atoms with van der Waals surface area (Å²) in [6.45, 7) is 6.43. The third kappa shape index (κ3) is 5.24. The molecule has 2 rings (SSSR count). The molecule has 1 fully saturated rings. The molecule has 21 heavy (non-hydrogen) atoms. The van der Waals surface area contributed by atoms with Crippen LogP contribution in [0.25, 0.3) is 0 Å². The standard InChI is InChI=1S/C16H25ClN2O2/c1-2-21-12-15-10-19(7-6-18-15)16(11-20)9-13-4-3-5-14(17)8-13/h3-5,8,15-16,18,20H,2,6-7,9-12H2,1H3. The first-order chi connectivity index (χ1) is 10.2. The highest BCUT2D eigenvalue weighted by Crippen LogP contribution is 2.15. The number of ether oxygens (including phenoxy) is 1. The summed E-state index contributed by atoms with van der Waals surface area (Å²) in [5.41, 5.74) is 1.17. The molecule has 1 aromatic rings. The number of aliphatic hydroxyl groups is 1. The van der Waals surface area contributed by atoms with E-state index in [0.717, 1.165) is 44.3 Å². The molecule has 2 N–H and O–H groups in total. The van der Waals surface area contributed by atoms with Crippen LogP contribution in [-0.4, -0.2) is 61.5 Å².